The van der Waals surface area contributed by atoms with Crippen LogP contribution < -0.4 is 4.90 Å². The zero-order valence-electron chi connectivity index (χ0n) is 9.21. The summed E-state index contributed by atoms with van der Waals surface area (Å²) in [7, 11) is 1.65. The van der Waals surface area contributed by atoms with Gasteiger partial charge >= 0.3 is 5.97 Å². The van der Waals surface area contributed by atoms with Crippen LogP contribution in [0.3, 0.4) is 0 Å². The summed E-state index contributed by atoms with van der Waals surface area (Å²) in [5, 5.41) is 17.9. The van der Waals surface area contributed by atoms with Gasteiger partial charge in [0.05, 0.1) is 17.4 Å². The second-order valence-corrected chi connectivity index (χ2v) is 3.38. The van der Waals surface area contributed by atoms with Gasteiger partial charge in [-0.25, -0.2) is 4.79 Å². The van der Waals surface area contributed by atoms with Gasteiger partial charge in [0.2, 0.25) is 0 Å². The number of hydrogen-bond acceptors (Lipinski definition) is 4. The van der Waals surface area contributed by atoms with Gasteiger partial charge in [-0.3, -0.25) is 4.98 Å². The van der Waals surface area contributed by atoms with Crippen LogP contribution in [-0.2, 0) is 4.79 Å². The fourth-order valence-corrected chi connectivity index (χ4v) is 1.54. The zero-order chi connectivity index (χ0) is 12.1. The summed E-state index contributed by atoms with van der Waals surface area (Å²) in [6.07, 6.45) is 3.48. The van der Waals surface area contributed by atoms with Crippen LogP contribution in [0, 0.1) is 11.3 Å². The molecule has 0 saturated heterocycles. The van der Waals surface area contributed by atoms with Crippen molar-refractivity contribution in [1.29, 1.82) is 5.26 Å². The summed E-state index contributed by atoms with van der Waals surface area (Å²) in [4.78, 5) is 16.5. The molecule has 1 atom stereocenters. The van der Waals surface area contributed by atoms with Crippen LogP contribution >= 0.6 is 0 Å². The van der Waals surface area contributed by atoms with Crippen molar-refractivity contribution >= 4 is 11.7 Å². The van der Waals surface area contributed by atoms with Gasteiger partial charge in [-0.05, 0) is 12.5 Å². The second-order valence-electron chi connectivity index (χ2n) is 3.38. The molecule has 0 spiro atoms. The molecule has 0 aliphatic carbocycles. The minimum Gasteiger partial charge on any atom is -0.480 e. The summed E-state index contributed by atoms with van der Waals surface area (Å²) >= 11 is 0. The van der Waals surface area contributed by atoms with Gasteiger partial charge in [-0.1, -0.05) is 6.92 Å². The molecule has 5 heteroatoms. The number of nitriles is 1. The lowest BCUT2D eigenvalue weighted by Crippen LogP contribution is -2.38. The van der Waals surface area contributed by atoms with Crippen molar-refractivity contribution in [2.45, 2.75) is 19.4 Å². The Morgan fingerprint density at radius 2 is 2.44 bits per heavy atom. The predicted molar refractivity (Wildman–Crippen MR) is 59.1 cm³/mol. The van der Waals surface area contributed by atoms with Gasteiger partial charge in [0, 0.05) is 13.2 Å². The van der Waals surface area contributed by atoms with E-state index in [1.807, 2.05) is 6.07 Å². The van der Waals surface area contributed by atoms with Crippen LogP contribution in [0.4, 0.5) is 5.69 Å². The average molecular weight is 219 g/mol. The Kier molecular flexibility index (Phi) is 3.84. The molecular weight excluding hydrogens is 206 g/mol. The van der Waals surface area contributed by atoms with E-state index in [-0.39, 0.29) is 0 Å². The van der Waals surface area contributed by atoms with E-state index in [1.54, 1.807) is 24.9 Å². The maximum absolute atomic E-state index is 11.0. The molecular formula is C11H13N3O2. The highest BCUT2D eigenvalue weighted by atomic mass is 16.4. The SMILES string of the molecule is CCC(C(=O)O)N(C)c1cnccc1C#N. The molecule has 1 aromatic rings. The Morgan fingerprint density at radius 1 is 1.75 bits per heavy atom. The number of aliphatic carboxylic acids is 1. The number of anilines is 1. The molecule has 0 bridgehead atoms. The Bertz CT molecular complexity index is 425. The Morgan fingerprint density at radius 3 is 2.94 bits per heavy atom. The predicted octanol–water partition coefficient (Wildman–Crippen LogP) is 1.25. The van der Waals surface area contributed by atoms with E-state index < -0.39 is 12.0 Å². The third-order valence-corrected chi connectivity index (χ3v) is 2.44. The standard InChI is InChI=1S/C11H13N3O2/c1-3-9(11(15)16)14(2)10-7-13-5-4-8(10)6-12/h4-5,7,9H,3H2,1-2H3,(H,15,16). The molecule has 16 heavy (non-hydrogen) atoms. The summed E-state index contributed by atoms with van der Waals surface area (Å²) < 4.78 is 0. The van der Waals surface area contributed by atoms with E-state index >= 15 is 0 Å². The van der Waals surface area contributed by atoms with E-state index in [1.165, 1.54) is 12.4 Å². The van der Waals surface area contributed by atoms with Crippen molar-refractivity contribution in [3.63, 3.8) is 0 Å². The first-order chi connectivity index (χ1) is 7.61. The highest BCUT2D eigenvalue weighted by Crippen LogP contribution is 2.20. The van der Waals surface area contributed by atoms with Crippen LogP contribution in [0.2, 0.25) is 0 Å². The summed E-state index contributed by atoms with van der Waals surface area (Å²) in [5.74, 6) is -0.905. The smallest absolute Gasteiger partial charge is 0.326 e. The van der Waals surface area contributed by atoms with Crippen molar-refractivity contribution in [3.05, 3.63) is 24.0 Å². The van der Waals surface area contributed by atoms with Gasteiger partial charge in [0.25, 0.3) is 0 Å². The van der Waals surface area contributed by atoms with Crippen LogP contribution in [0.5, 0.6) is 0 Å². The second kappa shape index (κ2) is 5.12. The molecule has 0 saturated carbocycles. The third kappa shape index (κ3) is 2.28. The lowest BCUT2D eigenvalue weighted by molar-refractivity contribution is -0.138. The third-order valence-electron chi connectivity index (χ3n) is 2.44. The number of carbonyl (C=O) groups is 1. The molecule has 1 aromatic heterocycles. The molecule has 0 radical (unpaired) electrons. The Balaban J connectivity index is 3.08. The van der Waals surface area contributed by atoms with E-state index in [0.29, 0.717) is 17.7 Å². The van der Waals surface area contributed by atoms with Crippen LogP contribution in [0.25, 0.3) is 0 Å². The van der Waals surface area contributed by atoms with E-state index in [0.717, 1.165) is 0 Å². The number of carboxylic acid groups (broad SMARTS) is 1. The first-order valence-electron chi connectivity index (χ1n) is 4.91. The van der Waals surface area contributed by atoms with Crippen molar-refractivity contribution in [3.8, 4) is 6.07 Å². The summed E-state index contributed by atoms with van der Waals surface area (Å²) in [5.41, 5.74) is 0.969. The largest absolute Gasteiger partial charge is 0.480 e. The number of aromatic nitrogens is 1. The number of nitrogens with zero attached hydrogens (tertiary/aromatic N) is 3. The molecule has 0 fully saturated rings. The molecule has 0 aliphatic rings. The maximum Gasteiger partial charge on any atom is 0.326 e. The normalized spacial score (nSPS) is 11.6. The van der Waals surface area contributed by atoms with Crippen LogP contribution in [-0.4, -0.2) is 29.1 Å². The average Bonchev–Trinajstić information content (AvgIpc) is 2.29. The number of rotatable bonds is 4. The first-order valence-corrected chi connectivity index (χ1v) is 4.91. The number of carboxylic acids is 1. The zero-order valence-corrected chi connectivity index (χ0v) is 9.21. The molecule has 1 heterocycles. The fraction of sp³-hybridized carbons (Fsp3) is 0.364. The lowest BCUT2D eigenvalue weighted by Gasteiger charge is -2.26. The van der Waals surface area contributed by atoms with Gasteiger partial charge < -0.3 is 10.0 Å². The highest BCUT2D eigenvalue weighted by Gasteiger charge is 2.22. The van der Waals surface area contributed by atoms with Crippen molar-refractivity contribution in [2.75, 3.05) is 11.9 Å². The van der Waals surface area contributed by atoms with E-state index in [2.05, 4.69) is 4.98 Å². The Labute approximate surface area is 93.9 Å². The minimum absolute atomic E-state index is 0.428. The van der Waals surface area contributed by atoms with Crippen molar-refractivity contribution < 1.29 is 9.90 Å². The van der Waals surface area contributed by atoms with Crippen LogP contribution in [0.1, 0.15) is 18.9 Å². The minimum atomic E-state index is -0.905. The number of pyridine rings is 1. The topological polar surface area (TPSA) is 77.2 Å². The number of hydrogen-bond donors (Lipinski definition) is 1. The van der Waals surface area contributed by atoms with E-state index in [9.17, 15) is 4.79 Å². The molecule has 84 valence electrons. The fourth-order valence-electron chi connectivity index (χ4n) is 1.54. The quantitative estimate of drug-likeness (QED) is 0.824. The first kappa shape index (κ1) is 12.0. The molecule has 0 aromatic carbocycles. The summed E-state index contributed by atoms with van der Waals surface area (Å²) in [6, 6.07) is 2.95. The van der Waals surface area contributed by atoms with Gasteiger partial charge in [0.15, 0.2) is 0 Å². The van der Waals surface area contributed by atoms with Gasteiger partial charge in [0.1, 0.15) is 12.1 Å². The molecule has 0 aliphatic heterocycles. The van der Waals surface area contributed by atoms with Gasteiger partial charge in [-0.15, -0.1) is 0 Å². The molecule has 5 nitrogen and oxygen atoms in total. The maximum atomic E-state index is 11.0. The monoisotopic (exact) mass is 219 g/mol. The van der Waals surface area contributed by atoms with Gasteiger partial charge in [-0.2, -0.15) is 5.26 Å². The van der Waals surface area contributed by atoms with E-state index in [4.69, 9.17) is 10.4 Å². The lowest BCUT2D eigenvalue weighted by atomic mass is 10.1. The Hall–Kier alpha value is -2.09. The van der Waals surface area contributed by atoms with Crippen molar-refractivity contribution in [2.24, 2.45) is 0 Å². The molecule has 0 amide bonds. The van der Waals surface area contributed by atoms with Crippen LogP contribution in [0.15, 0.2) is 18.5 Å². The molecule has 1 unspecified atom stereocenters. The number of likely N-dealkylation sites (N-methyl/N-ethyl adjacent to an activating group) is 1. The molecule has 1 N–H and O–H groups in total. The highest BCUT2D eigenvalue weighted by molar-refractivity contribution is 5.78. The molecule has 1 rings (SSSR count). The summed E-state index contributed by atoms with van der Waals surface area (Å²) in [6.45, 7) is 1.79. The van der Waals surface area contributed by atoms with Crippen molar-refractivity contribution in [1.82, 2.24) is 4.98 Å².